The molecule has 1 saturated heterocycles. The van der Waals surface area contributed by atoms with E-state index in [-0.39, 0.29) is 6.61 Å². The lowest BCUT2D eigenvalue weighted by atomic mass is 10.1. The standard InChI is InChI=1S/C17H24F3N3O/c18-17(19,20)13-24-12-15-7-5-14(6-8-15)11-22-16(21)23-9-3-1-2-4-10-23/h5-8H,1-4,9-13H2,(H2,21,22). The fourth-order valence-corrected chi connectivity index (χ4v) is 2.60. The minimum atomic E-state index is -4.29. The second-order valence-corrected chi connectivity index (χ2v) is 6.00. The van der Waals surface area contributed by atoms with E-state index in [2.05, 4.69) is 14.6 Å². The molecular formula is C17H24F3N3O. The van der Waals surface area contributed by atoms with Crippen molar-refractivity contribution in [1.29, 1.82) is 0 Å². The van der Waals surface area contributed by atoms with Crippen molar-refractivity contribution in [2.45, 2.75) is 45.0 Å². The van der Waals surface area contributed by atoms with Crippen molar-refractivity contribution < 1.29 is 17.9 Å². The topological polar surface area (TPSA) is 50.9 Å². The van der Waals surface area contributed by atoms with Crippen LogP contribution in [-0.2, 0) is 17.9 Å². The van der Waals surface area contributed by atoms with Crippen molar-refractivity contribution in [1.82, 2.24) is 4.90 Å². The molecule has 1 aromatic carbocycles. The second-order valence-electron chi connectivity index (χ2n) is 6.00. The fraction of sp³-hybridized carbons (Fsp3) is 0.588. The van der Waals surface area contributed by atoms with Crippen LogP contribution in [0.3, 0.4) is 0 Å². The van der Waals surface area contributed by atoms with Crippen molar-refractivity contribution >= 4 is 5.96 Å². The molecule has 24 heavy (non-hydrogen) atoms. The Balaban J connectivity index is 1.81. The largest absolute Gasteiger partial charge is 0.411 e. The number of hydrogen-bond donors (Lipinski definition) is 1. The van der Waals surface area contributed by atoms with Crippen LogP contribution >= 0.6 is 0 Å². The molecule has 1 aliphatic heterocycles. The molecule has 1 fully saturated rings. The average Bonchev–Trinajstić information content (AvgIpc) is 2.82. The Morgan fingerprint density at radius 1 is 1.04 bits per heavy atom. The van der Waals surface area contributed by atoms with E-state index in [9.17, 15) is 13.2 Å². The minimum absolute atomic E-state index is 0.0566. The summed E-state index contributed by atoms with van der Waals surface area (Å²) in [6.45, 7) is 1.08. The lowest BCUT2D eigenvalue weighted by Crippen LogP contribution is -2.38. The van der Waals surface area contributed by atoms with Crippen LogP contribution in [0.4, 0.5) is 13.2 Å². The van der Waals surface area contributed by atoms with Crippen LogP contribution in [0.2, 0.25) is 0 Å². The van der Waals surface area contributed by atoms with Crippen LogP contribution in [0.5, 0.6) is 0 Å². The number of aliphatic imine (C=N–C) groups is 1. The molecule has 0 aliphatic carbocycles. The van der Waals surface area contributed by atoms with Crippen LogP contribution in [-0.4, -0.2) is 36.7 Å². The predicted octanol–water partition coefficient (Wildman–Crippen LogP) is 3.46. The van der Waals surface area contributed by atoms with E-state index in [4.69, 9.17) is 5.73 Å². The van der Waals surface area contributed by atoms with Gasteiger partial charge < -0.3 is 15.4 Å². The molecule has 0 bridgehead atoms. The highest BCUT2D eigenvalue weighted by molar-refractivity contribution is 5.78. The maximum absolute atomic E-state index is 12.0. The van der Waals surface area contributed by atoms with E-state index < -0.39 is 12.8 Å². The van der Waals surface area contributed by atoms with Crippen molar-refractivity contribution in [3.8, 4) is 0 Å². The molecule has 0 amide bonds. The van der Waals surface area contributed by atoms with E-state index >= 15 is 0 Å². The Labute approximate surface area is 140 Å². The zero-order chi connectivity index (χ0) is 17.4. The van der Waals surface area contributed by atoms with E-state index in [1.165, 1.54) is 12.8 Å². The molecule has 134 valence electrons. The SMILES string of the molecule is NC(=NCc1ccc(COCC(F)(F)F)cc1)N1CCCCCC1. The van der Waals surface area contributed by atoms with Crippen LogP contribution in [0.25, 0.3) is 0 Å². The van der Waals surface area contributed by atoms with Gasteiger partial charge in [0.05, 0.1) is 13.2 Å². The Hall–Kier alpha value is -1.76. The molecule has 2 rings (SSSR count). The predicted molar refractivity (Wildman–Crippen MR) is 87.5 cm³/mol. The summed E-state index contributed by atoms with van der Waals surface area (Å²) in [5.74, 6) is 0.564. The van der Waals surface area contributed by atoms with Gasteiger partial charge in [-0.15, -0.1) is 0 Å². The van der Waals surface area contributed by atoms with E-state index in [0.717, 1.165) is 31.5 Å². The van der Waals surface area contributed by atoms with Gasteiger partial charge in [0.25, 0.3) is 0 Å². The van der Waals surface area contributed by atoms with Gasteiger partial charge in [0.15, 0.2) is 5.96 Å². The average molecular weight is 343 g/mol. The van der Waals surface area contributed by atoms with Gasteiger partial charge in [0.2, 0.25) is 0 Å². The van der Waals surface area contributed by atoms with Crippen molar-refractivity contribution in [3.63, 3.8) is 0 Å². The lowest BCUT2D eigenvalue weighted by Gasteiger charge is -2.21. The van der Waals surface area contributed by atoms with Crippen molar-refractivity contribution in [2.75, 3.05) is 19.7 Å². The molecule has 2 N–H and O–H groups in total. The summed E-state index contributed by atoms with van der Waals surface area (Å²) >= 11 is 0. The zero-order valence-electron chi connectivity index (χ0n) is 13.7. The highest BCUT2D eigenvalue weighted by Crippen LogP contribution is 2.16. The molecular weight excluding hydrogens is 319 g/mol. The fourth-order valence-electron chi connectivity index (χ4n) is 2.60. The molecule has 1 heterocycles. The number of nitrogens with zero attached hydrogens (tertiary/aromatic N) is 2. The number of rotatable bonds is 5. The normalized spacial score (nSPS) is 17.0. The molecule has 0 atom stereocenters. The Kier molecular flexibility index (Phi) is 6.90. The van der Waals surface area contributed by atoms with Gasteiger partial charge in [0, 0.05) is 13.1 Å². The summed E-state index contributed by atoms with van der Waals surface area (Å²) in [5.41, 5.74) is 7.72. The highest BCUT2D eigenvalue weighted by atomic mass is 19.4. The molecule has 7 heteroatoms. The summed E-state index contributed by atoms with van der Waals surface area (Å²) in [5, 5.41) is 0. The van der Waals surface area contributed by atoms with Crippen LogP contribution in [0, 0.1) is 0 Å². The van der Waals surface area contributed by atoms with E-state index in [1.54, 1.807) is 12.1 Å². The molecule has 0 saturated carbocycles. The Morgan fingerprint density at radius 2 is 1.62 bits per heavy atom. The van der Waals surface area contributed by atoms with Gasteiger partial charge in [-0.3, -0.25) is 0 Å². The van der Waals surface area contributed by atoms with E-state index in [0.29, 0.717) is 18.1 Å². The third-order valence-electron chi connectivity index (χ3n) is 3.91. The number of halogens is 3. The summed E-state index contributed by atoms with van der Waals surface area (Å²) in [7, 11) is 0. The summed E-state index contributed by atoms with van der Waals surface area (Å²) in [4.78, 5) is 6.54. The van der Waals surface area contributed by atoms with Gasteiger partial charge in [0.1, 0.15) is 6.61 Å². The number of hydrogen-bond acceptors (Lipinski definition) is 2. The molecule has 0 aromatic heterocycles. The number of benzene rings is 1. The Bertz CT molecular complexity index is 521. The van der Waals surface area contributed by atoms with Crippen LogP contribution in [0.15, 0.2) is 29.3 Å². The van der Waals surface area contributed by atoms with Crippen molar-refractivity contribution in [2.24, 2.45) is 10.7 Å². The number of alkyl halides is 3. The molecule has 0 unspecified atom stereocenters. The monoisotopic (exact) mass is 343 g/mol. The van der Waals surface area contributed by atoms with Crippen LogP contribution in [0.1, 0.15) is 36.8 Å². The van der Waals surface area contributed by atoms with Gasteiger partial charge in [-0.05, 0) is 24.0 Å². The summed E-state index contributed by atoms with van der Waals surface area (Å²) in [6.07, 6.45) is 0.467. The maximum atomic E-state index is 12.0. The summed E-state index contributed by atoms with van der Waals surface area (Å²) in [6, 6.07) is 7.18. The number of likely N-dealkylation sites (tertiary alicyclic amines) is 1. The highest BCUT2D eigenvalue weighted by Gasteiger charge is 2.27. The van der Waals surface area contributed by atoms with Gasteiger partial charge >= 0.3 is 6.18 Å². The molecule has 1 aliphatic rings. The lowest BCUT2D eigenvalue weighted by molar-refractivity contribution is -0.176. The number of nitrogens with two attached hydrogens (primary N) is 1. The van der Waals surface area contributed by atoms with Crippen LogP contribution < -0.4 is 5.73 Å². The first-order chi connectivity index (χ1) is 11.4. The number of ether oxygens (including phenoxy) is 1. The Morgan fingerprint density at radius 3 is 2.21 bits per heavy atom. The second kappa shape index (κ2) is 8.92. The van der Waals surface area contributed by atoms with Gasteiger partial charge in [-0.25, -0.2) is 4.99 Å². The zero-order valence-corrected chi connectivity index (χ0v) is 13.7. The first kappa shape index (κ1) is 18.6. The minimum Gasteiger partial charge on any atom is -0.370 e. The first-order valence-electron chi connectivity index (χ1n) is 8.21. The smallest absolute Gasteiger partial charge is 0.370 e. The van der Waals surface area contributed by atoms with Gasteiger partial charge in [-0.2, -0.15) is 13.2 Å². The molecule has 4 nitrogen and oxygen atoms in total. The third-order valence-corrected chi connectivity index (χ3v) is 3.91. The summed E-state index contributed by atoms with van der Waals surface area (Å²) < 4.78 is 40.7. The molecule has 0 spiro atoms. The third kappa shape index (κ3) is 6.78. The molecule has 1 aromatic rings. The van der Waals surface area contributed by atoms with Crippen molar-refractivity contribution in [3.05, 3.63) is 35.4 Å². The first-order valence-corrected chi connectivity index (χ1v) is 8.21. The number of guanidine groups is 1. The maximum Gasteiger partial charge on any atom is 0.411 e. The quantitative estimate of drug-likeness (QED) is 0.658. The molecule has 0 radical (unpaired) electrons. The van der Waals surface area contributed by atoms with Gasteiger partial charge in [-0.1, -0.05) is 37.1 Å². The van der Waals surface area contributed by atoms with E-state index in [1.807, 2.05) is 12.1 Å².